The van der Waals surface area contributed by atoms with Gasteiger partial charge in [-0.3, -0.25) is 19.8 Å². The highest BCUT2D eigenvalue weighted by Crippen LogP contribution is 2.50. The molecule has 1 amide bonds. The van der Waals surface area contributed by atoms with Crippen LogP contribution in [0.5, 0.6) is 0 Å². The van der Waals surface area contributed by atoms with Crippen molar-refractivity contribution in [2.75, 3.05) is 16.0 Å². The van der Waals surface area contributed by atoms with Crippen molar-refractivity contribution in [1.82, 2.24) is 20.4 Å². The van der Waals surface area contributed by atoms with Crippen LogP contribution in [-0.4, -0.2) is 37.8 Å². The maximum absolute atomic E-state index is 13.6. The summed E-state index contributed by atoms with van der Waals surface area (Å²) in [5.74, 6) is -0.414. The summed E-state index contributed by atoms with van der Waals surface area (Å²) >= 11 is 3.84. The Labute approximate surface area is 238 Å². The highest BCUT2D eigenvalue weighted by Gasteiger charge is 2.45. The number of nitrogens with zero attached hydrogens (tertiary/aromatic N) is 6. The molecule has 3 aromatic rings. The van der Waals surface area contributed by atoms with E-state index in [0.29, 0.717) is 38.6 Å². The molecule has 0 spiro atoms. The molecule has 10 nitrogen and oxygen atoms in total. The largest absolute Gasteiger partial charge is 0.384 e. The van der Waals surface area contributed by atoms with Gasteiger partial charge in [0, 0.05) is 17.7 Å². The summed E-state index contributed by atoms with van der Waals surface area (Å²) in [4.78, 5) is 27.7. The highest BCUT2D eigenvalue weighted by atomic mass is 32.2. The van der Waals surface area contributed by atoms with E-state index < -0.39 is 5.92 Å². The van der Waals surface area contributed by atoms with Crippen LogP contribution in [0.2, 0.25) is 0 Å². The predicted molar refractivity (Wildman–Crippen MR) is 152 cm³/mol. The lowest BCUT2D eigenvalue weighted by molar-refractivity contribution is -0.118. The van der Waals surface area contributed by atoms with E-state index in [1.54, 1.807) is 4.90 Å². The van der Waals surface area contributed by atoms with Crippen molar-refractivity contribution in [2.45, 2.75) is 50.3 Å². The van der Waals surface area contributed by atoms with Gasteiger partial charge in [-0.2, -0.15) is 5.26 Å². The molecule has 1 aliphatic carbocycles. The number of thioether (sulfide) groups is 1. The molecule has 0 fully saturated rings. The van der Waals surface area contributed by atoms with Gasteiger partial charge in [0.1, 0.15) is 10.8 Å². The number of aryl methyl sites for hydroxylation is 1. The fourth-order valence-corrected chi connectivity index (χ4v) is 7.16. The summed E-state index contributed by atoms with van der Waals surface area (Å²) in [7, 11) is 0. The topological polar surface area (TPSA) is 151 Å². The van der Waals surface area contributed by atoms with Crippen molar-refractivity contribution in [3.63, 3.8) is 0 Å². The fourth-order valence-electron chi connectivity index (χ4n) is 4.79. The van der Waals surface area contributed by atoms with Gasteiger partial charge in [0.15, 0.2) is 10.1 Å². The van der Waals surface area contributed by atoms with E-state index in [-0.39, 0.29) is 28.7 Å². The number of aromatic nitrogens is 4. The zero-order valence-corrected chi connectivity index (χ0v) is 24.0. The first-order valence-electron chi connectivity index (χ1n) is 12.3. The molecule has 2 aromatic heterocycles. The molecule has 1 aromatic carbocycles. The van der Waals surface area contributed by atoms with Crippen LogP contribution in [0.25, 0.3) is 0 Å². The number of benzene rings is 1. The van der Waals surface area contributed by atoms with E-state index in [9.17, 15) is 14.9 Å². The third-order valence-electron chi connectivity index (χ3n) is 6.44. The lowest BCUT2D eigenvalue weighted by atomic mass is 9.69. The van der Waals surface area contributed by atoms with E-state index in [0.717, 1.165) is 22.7 Å². The Kier molecular flexibility index (Phi) is 7.53. The maximum Gasteiger partial charge on any atom is 0.236 e. The number of allylic oxidation sites excluding steroid dienone is 3. The van der Waals surface area contributed by atoms with E-state index in [2.05, 4.69) is 31.8 Å². The van der Waals surface area contributed by atoms with Crippen LogP contribution in [0.15, 0.2) is 57.3 Å². The molecule has 1 atom stereocenters. The van der Waals surface area contributed by atoms with Crippen LogP contribution >= 0.6 is 34.4 Å². The number of ketones is 1. The first kappa shape index (κ1) is 27.0. The molecule has 39 heavy (non-hydrogen) atoms. The number of hydrogen-bond acceptors (Lipinski definition) is 12. The van der Waals surface area contributed by atoms with Crippen molar-refractivity contribution in [2.24, 2.45) is 11.1 Å². The third-order valence-corrected chi connectivity index (χ3v) is 9.47. The molecule has 0 saturated carbocycles. The summed E-state index contributed by atoms with van der Waals surface area (Å²) in [6.45, 7) is 6.07. The second-order valence-electron chi connectivity index (χ2n) is 9.93. The summed E-state index contributed by atoms with van der Waals surface area (Å²) in [6.07, 6.45) is 1.72. The summed E-state index contributed by atoms with van der Waals surface area (Å²) in [5.41, 5.74) is 8.85. The molecule has 0 radical (unpaired) electrons. The highest BCUT2D eigenvalue weighted by molar-refractivity contribution is 8.01. The van der Waals surface area contributed by atoms with Crippen molar-refractivity contribution < 1.29 is 9.59 Å². The molecule has 2 aliphatic rings. The Hall–Kier alpha value is -3.60. The van der Waals surface area contributed by atoms with Gasteiger partial charge in [-0.25, -0.2) is 0 Å². The number of nitrogens with two attached hydrogens (primary N) is 1. The molecule has 0 bridgehead atoms. The molecule has 200 valence electrons. The van der Waals surface area contributed by atoms with Crippen LogP contribution in [0.3, 0.4) is 0 Å². The van der Waals surface area contributed by atoms with E-state index in [4.69, 9.17) is 5.73 Å². The van der Waals surface area contributed by atoms with Crippen LogP contribution in [0, 0.1) is 16.7 Å². The average Bonchev–Trinajstić information content (AvgIpc) is 3.56. The average molecular weight is 579 g/mol. The first-order valence-corrected chi connectivity index (χ1v) is 14.9. The molecule has 1 aliphatic heterocycles. The van der Waals surface area contributed by atoms with Crippen LogP contribution < -0.4 is 16.0 Å². The zero-order valence-electron chi connectivity index (χ0n) is 21.6. The van der Waals surface area contributed by atoms with Gasteiger partial charge in [0.05, 0.1) is 23.3 Å². The Morgan fingerprint density at radius 2 is 1.97 bits per heavy atom. The minimum atomic E-state index is -0.537. The van der Waals surface area contributed by atoms with Crippen molar-refractivity contribution in [3.8, 4) is 6.07 Å². The lowest BCUT2D eigenvalue weighted by Crippen LogP contribution is -2.42. The molecular formula is C26H26N8O2S3. The number of nitrogens with one attached hydrogen (secondary N) is 1. The lowest BCUT2D eigenvalue weighted by Gasteiger charge is -2.42. The standard InChI is InChI=1S/C26H26N8O2S3/c1-4-19-30-31-23(38-19)29-18(36)13-37-25-33-32-24(39-25)34-16-10-26(2,3)11-17(35)21(16)20(15(12-27)22(34)28)14-8-6-5-7-9-14/h5-9,20H,4,10-11,13,28H2,1-3H3,(H,29,31,36). The SMILES string of the molecule is CCc1nnc(NC(=O)CSc2nnc(N3C(N)=C(C#N)C(c4ccccc4)C4=C3CC(C)(C)CC4=O)s2)s1. The zero-order chi connectivity index (χ0) is 27.7. The Bertz CT molecular complexity index is 1530. The smallest absolute Gasteiger partial charge is 0.236 e. The normalized spacial score (nSPS) is 18.7. The van der Waals surface area contributed by atoms with E-state index in [1.807, 2.05) is 51.1 Å². The number of carbonyl (C=O) groups excluding carboxylic acids is 2. The minimum absolute atomic E-state index is 0.000885. The molecule has 1 unspecified atom stereocenters. The summed E-state index contributed by atoms with van der Waals surface area (Å²) in [6, 6.07) is 11.8. The van der Waals surface area contributed by atoms with Gasteiger partial charge in [-0.1, -0.05) is 85.5 Å². The van der Waals surface area contributed by atoms with E-state index in [1.165, 1.54) is 34.4 Å². The molecule has 13 heteroatoms. The second kappa shape index (κ2) is 10.9. The Morgan fingerprint density at radius 3 is 2.67 bits per heavy atom. The van der Waals surface area contributed by atoms with Gasteiger partial charge in [0.2, 0.25) is 16.2 Å². The molecule has 3 N–H and O–H groups in total. The summed E-state index contributed by atoms with van der Waals surface area (Å²) < 4.78 is 0.562. The first-order chi connectivity index (χ1) is 18.7. The van der Waals surface area contributed by atoms with Crippen LogP contribution in [0.4, 0.5) is 10.3 Å². The van der Waals surface area contributed by atoms with Crippen molar-refractivity contribution in [1.29, 1.82) is 5.26 Å². The van der Waals surface area contributed by atoms with Crippen LogP contribution in [-0.2, 0) is 16.0 Å². The predicted octanol–water partition coefficient (Wildman–Crippen LogP) is 4.62. The molecule has 3 heterocycles. The maximum atomic E-state index is 13.6. The van der Waals surface area contributed by atoms with Gasteiger partial charge >= 0.3 is 0 Å². The fraction of sp³-hybridized carbons (Fsp3) is 0.346. The Balaban J connectivity index is 1.44. The second-order valence-corrected chi connectivity index (χ2v) is 13.2. The molecule has 0 saturated heterocycles. The Morgan fingerprint density at radius 1 is 1.21 bits per heavy atom. The van der Waals surface area contributed by atoms with Gasteiger partial charge < -0.3 is 5.73 Å². The number of nitriles is 1. The number of carbonyl (C=O) groups is 2. The van der Waals surface area contributed by atoms with Gasteiger partial charge in [0.25, 0.3) is 0 Å². The van der Waals surface area contributed by atoms with Crippen molar-refractivity contribution in [3.05, 3.63) is 63.6 Å². The quantitative estimate of drug-likeness (QED) is 0.380. The minimum Gasteiger partial charge on any atom is -0.384 e. The molecule has 5 rings (SSSR count). The van der Waals surface area contributed by atoms with E-state index >= 15 is 0 Å². The van der Waals surface area contributed by atoms with Gasteiger partial charge in [-0.05, 0) is 23.8 Å². The van der Waals surface area contributed by atoms with Crippen LogP contribution in [0.1, 0.15) is 50.1 Å². The molecular weight excluding hydrogens is 553 g/mol. The number of hydrogen-bond donors (Lipinski definition) is 2. The van der Waals surface area contributed by atoms with Gasteiger partial charge in [-0.15, -0.1) is 20.4 Å². The number of amides is 1. The monoisotopic (exact) mass is 578 g/mol. The van der Waals surface area contributed by atoms with Crippen molar-refractivity contribution >= 4 is 56.4 Å². The number of Topliss-reactive ketones (excluding diaryl/α,β-unsaturated/α-hetero) is 1. The number of anilines is 2. The number of rotatable bonds is 7. The third kappa shape index (κ3) is 5.45. The summed E-state index contributed by atoms with van der Waals surface area (Å²) in [5, 5.41) is 31.3.